The summed E-state index contributed by atoms with van der Waals surface area (Å²) in [5, 5.41) is 7.79. The Kier molecular flexibility index (Phi) is 4.36. The lowest BCUT2D eigenvalue weighted by atomic mass is 10.2. The van der Waals surface area contributed by atoms with E-state index in [1.165, 1.54) is 14.2 Å². The predicted octanol–water partition coefficient (Wildman–Crippen LogP) is 3.58. The molecule has 92 valence electrons. The highest BCUT2D eigenvalue weighted by atomic mass is 79.9. The largest absolute Gasteiger partial charge is 0.305 e. The minimum atomic E-state index is 0.330. The van der Waals surface area contributed by atoms with Gasteiger partial charge in [-0.05, 0) is 41.9 Å². The third-order valence-corrected chi connectivity index (χ3v) is 4.31. The molecular formula is C12H16BrN3S. The molecule has 1 N–H and O–H groups in total. The molecule has 17 heavy (non-hydrogen) atoms. The molecule has 2 rings (SSSR count). The quantitative estimate of drug-likeness (QED) is 0.914. The zero-order valence-corrected chi connectivity index (χ0v) is 12.4. The maximum absolute atomic E-state index is 4.29. The first-order valence-electron chi connectivity index (χ1n) is 5.69. The lowest BCUT2D eigenvalue weighted by molar-refractivity contribution is 0.577. The second-order valence-electron chi connectivity index (χ2n) is 3.94. The molecule has 0 radical (unpaired) electrons. The van der Waals surface area contributed by atoms with Crippen LogP contribution in [-0.2, 0) is 13.1 Å². The van der Waals surface area contributed by atoms with Crippen LogP contribution in [0.25, 0.3) is 0 Å². The second kappa shape index (κ2) is 5.80. The van der Waals surface area contributed by atoms with Crippen molar-refractivity contribution in [2.24, 2.45) is 0 Å². The predicted molar refractivity (Wildman–Crippen MR) is 75.2 cm³/mol. The van der Waals surface area contributed by atoms with E-state index in [0.717, 1.165) is 13.1 Å². The molecule has 0 aliphatic heterocycles. The molecule has 0 amide bonds. The van der Waals surface area contributed by atoms with Gasteiger partial charge in [0.05, 0.1) is 9.98 Å². The fourth-order valence-electron chi connectivity index (χ4n) is 1.59. The SMILES string of the molecule is CCn1cc(C(C)NCc2ccc(Br)s2)cn1. The van der Waals surface area contributed by atoms with Crippen molar-refractivity contribution in [1.29, 1.82) is 0 Å². The number of hydrogen-bond acceptors (Lipinski definition) is 3. The molecule has 0 saturated carbocycles. The van der Waals surface area contributed by atoms with Gasteiger partial charge < -0.3 is 5.32 Å². The molecule has 0 aliphatic rings. The molecule has 2 aromatic heterocycles. The van der Waals surface area contributed by atoms with Crippen LogP contribution in [0.3, 0.4) is 0 Å². The smallest absolute Gasteiger partial charge is 0.0701 e. The van der Waals surface area contributed by atoms with Gasteiger partial charge in [0, 0.05) is 35.8 Å². The average Bonchev–Trinajstić information content (AvgIpc) is 2.94. The first-order valence-corrected chi connectivity index (χ1v) is 7.30. The molecule has 0 spiro atoms. The molecule has 0 saturated heterocycles. The number of nitrogens with zero attached hydrogens (tertiary/aromatic N) is 2. The van der Waals surface area contributed by atoms with Crippen molar-refractivity contribution in [3.63, 3.8) is 0 Å². The van der Waals surface area contributed by atoms with E-state index < -0.39 is 0 Å². The van der Waals surface area contributed by atoms with Crippen molar-refractivity contribution in [3.05, 3.63) is 38.8 Å². The van der Waals surface area contributed by atoms with Crippen LogP contribution in [0.5, 0.6) is 0 Å². The van der Waals surface area contributed by atoms with Gasteiger partial charge in [0.15, 0.2) is 0 Å². The summed E-state index contributed by atoms with van der Waals surface area (Å²) in [5.41, 5.74) is 1.24. The van der Waals surface area contributed by atoms with Gasteiger partial charge in [-0.2, -0.15) is 5.10 Å². The van der Waals surface area contributed by atoms with E-state index in [2.05, 4.69) is 58.5 Å². The molecule has 1 unspecified atom stereocenters. The van der Waals surface area contributed by atoms with Gasteiger partial charge in [-0.15, -0.1) is 11.3 Å². The Morgan fingerprint density at radius 2 is 2.35 bits per heavy atom. The summed E-state index contributed by atoms with van der Waals surface area (Å²) in [6, 6.07) is 4.56. The summed E-state index contributed by atoms with van der Waals surface area (Å²) in [6.07, 6.45) is 4.04. The second-order valence-corrected chi connectivity index (χ2v) is 6.49. The summed E-state index contributed by atoms with van der Waals surface area (Å²) in [4.78, 5) is 1.34. The van der Waals surface area contributed by atoms with Gasteiger partial charge in [0.1, 0.15) is 0 Å². The molecule has 0 aliphatic carbocycles. The Bertz CT molecular complexity index is 478. The van der Waals surface area contributed by atoms with Crippen molar-refractivity contribution in [1.82, 2.24) is 15.1 Å². The van der Waals surface area contributed by atoms with Crippen LogP contribution in [0.2, 0.25) is 0 Å². The summed E-state index contributed by atoms with van der Waals surface area (Å²) in [5.74, 6) is 0. The highest BCUT2D eigenvalue weighted by molar-refractivity contribution is 9.11. The Morgan fingerprint density at radius 3 is 2.94 bits per heavy atom. The summed E-state index contributed by atoms with van der Waals surface area (Å²) < 4.78 is 3.13. The standard InChI is InChI=1S/C12H16BrN3S/c1-3-16-8-10(6-15-16)9(2)14-7-11-4-5-12(13)17-11/h4-6,8-9,14H,3,7H2,1-2H3. The number of aryl methyl sites for hydroxylation is 1. The van der Waals surface area contributed by atoms with Crippen LogP contribution in [0.1, 0.15) is 30.3 Å². The molecule has 3 nitrogen and oxygen atoms in total. The van der Waals surface area contributed by atoms with E-state index in [4.69, 9.17) is 0 Å². The molecule has 2 heterocycles. The number of nitrogens with one attached hydrogen (secondary N) is 1. The molecule has 0 fully saturated rings. The maximum Gasteiger partial charge on any atom is 0.0701 e. The molecule has 0 bridgehead atoms. The average molecular weight is 314 g/mol. The van der Waals surface area contributed by atoms with Gasteiger partial charge in [-0.3, -0.25) is 4.68 Å². The summed E-state index contributed by atoms with van der Waals surface area (Å²) in [6.45, 7) is 6.08. The number of hydrogen-bond donors (Lipinski definition) is 1. The van der Waals surface area contributed by atoms with Crippen molar-refractivity contribution >= 4 is 27.3 Å². The zero-order valence-electron chi connectivity index (χ0n) is 9.98. The van der Waals surface area contributed by atoms with E-state index in [1.807, 2.05) is 10.9 Å². The Labute approximate surface area is 114 Å². The van der Waals surface area contributed by atoms with E-state index in [9.17, 15) is 0 Å². The van der Waals surface area contributed by atoms with Crippen molar-refractivity contribution in [3.8, 4) is 0 Å². The molecule has 2 aromatic rings. The lowest BCUT2D eigenvalue weighted by Crippen LogP contribution is -2.16. The fourth-order valence-corrected chi connectivity index (χ4v) is 3.03. The molecule has 5 heteroatoms. The zero-order chi connectivity index (χ0) is 12.3. The van der Waals surface area contributed by atoms with E-state index in [-0.39, 0.29) is 0 Å². The minimum Gasteiger partial charge on any atom is -0.305 e. The Hall–Kier alpha value is -0.650. The van der Waals surface area contributed by atoms with Crippen molar-refractivity contribution in [2.45, 2.75) is 33.0 Å². The van der Waals surface area contributed by atoms with Gasteiger partial charge in [-0.1, -0.05) is 0 Å². The Balaban J connectivity index is 1.90. The number of rotatable bonds is 5. The van der Waals surface area contributed by atoms with Crippen LogP contribution in [0, 0.1) is 0 Å². The monoisotopic (exact) mass is 313 g/mol. The normalized spacial score (nSPS) is 12.9. The lowest BCUT2D eigenvalue weighted by Gasteiger charge is -2.10. The number of aromatic nitrogens is 2. The van der Waals surface area contributed by atoms with Crippen LogP contribution in [-0.4, -0.2) is 9.78 Å². The maximum atomic E-state index is 4.29. The summed E-state index contributed by atoms with van der Waals surface area (Å²) >= 11 is 5.24. The highest BCUT2D eigenvalue weighted by Gasteiger charge is 2.07. The first kappa shape index (κ1) is 12.8. The van der Waals surface area contributed by atoms with E-state index >= 15 is 0 Å². The first-order chi connectivity index (χ1) is 8.19. The van der Waals surface area contributed by atoms with E-state index in [0.29, 0.717) is 6.04 Å². The number of thiophene rings is 1. The molecule has 1 atom stereocenters. The molecule has 0 aromatic carbocycles. The topological polar surface area (TPSA) is 29.9 Å². The Morgan fingerprint density at radius 1 is 1.53 bits per heavy atom. The number of halogens is 1. The van der Waals surface area contributed by atoms with Crippen LogP contribution >= 0.6 is 27.3 Å². The van der Waals surface area contributed by atoms with Crippen molar-refractivity contribution < 1.29 is 0 Å². The van der Waals surface area contributed by atoms with Crippen LogP contribution in [0.4, 0.5) is 0 Å². The highest BCUT2D eigenvalue weighted by Crippen LogP contribution is 2.22. The van der Waals surface area contributed by atoms with Gasteiger partial charge in [0.25, 0.3) is 0 Å². The molecular weight excluding hydrogens is 298 g/mol. The third-order valence-electron chi connectivity index (χ3n) is 2.69. The third kappa shape index (κ3) is 3.40. The van der Waals surface area contributed by atoms with Gasteiger partial charge in [0.2, 0.25) is 0 Å². The summed E-state index contributed by atoms with van der Waals surface area (Å²) in [7, 11) is 0. The van der Waals surface area contributed by atoms with Gasteiger partial charge >= 0.3 is 0 Å². The van der Waals surface area contributed by atoms with Crippen LogP contribution < -0.4 is 5.32 Å². The van der Waals surface area contributed by atoms with Crippen LogP contribution in [0.15, 0.2) is 28.3 Å². The van der Waals surface area contributed by atoms with Gasteiger partial charge in [-0.25, -0.2) is 0 Å². The van der Waals surface area contributed by atoms with Crippen molar-refractivity contribution in [2.75, 3.05) is 0 Å². The van der Waals surface area contributed by atoms with E-state index in [1.54, 1.807) is 11.3 Å². The minimum absolute atomic E-state index is 0.330. The fraction of sp³-hybridized carbons (Fsp3) is 0.417.